The van der Waals surface area contributed by atoms with Crippen LogP contribution in [0.15, 0.2) is 29.1 Å². The summed E-state index contributed by atoms with van der Waals surface area (Å²) in [6.07, 6.45) is 0.861. The standard InChI is InChI=1S/C20H20F2N2O3/c1-11(25)23-8-12-3-14(10-23)18-4-13(5-19(26)24(18)9-12)20-16(21)6-15(27-2)7-17(20)22/h4-7,12,14H,3,8-10H2,1-2H3/t12-,14+/m0/s1. The van der Waals surface area contributed by atoms with Crippen LogP contribution in [0, 0.1) is 17.6 Å². The van der Waals surface area contributed by atoms with Gasteiger partial charge in [-0.25, -0.2) is 8.78 Å². The molecule has 4 rings (SSSR count). The molecule has 142 valence electrons. The third-order valence-electron chi connectivity index (χ3n) is 5.54. The van der Waals surface area contributed by atoms with E-state index in [1.165, 1.54) is 20.1 Å². The van der Waals surface area contributed by atoms with Crippen molar-refractivity contribution in [3.8, 4) is 16.9 Å². The summed E-state index contributed by atoms with van der Waals surface area (Å²) in [5.74, 6) is -1.27. The minimum Gasteiger partial charge on any atom is -0.497 e. The molecule has 0 spiro atoms. The van der Waals surface area contributed by atoms with Crippen LogP contribution in [-0.4, -0.2) is 35.6 Å². The van der Waals surface area contributed by atoms with Crippen LogP contribution in [0.2, 0.25) is 0 Å². The van der Waals surface area contributed by atoms with Crippen molar-refractivity contribution in [1.29, 1.82) is 0 Å². The van der Waals surface area contributed by atoms with Crippen molar-refractivity contribution in [1.82, 2.24) is 9.47 Å². The minimum absolute atomic E-state index is 0.00361. The lowest BCUT2D eigenvalue weighted by Gasteiger charge is -2.42. The number of hydrogen-bond acceptors (Lipinski definition) is 3. The van der Waals surface area contributed by atoms with Crippen molar-refractivity contribution in [3.63, 3.8) is 0 Å². The number of halogens is 2. The van der Waals surface area contributed by atoms with Crippen molar-refractivity contribution in [2.45, 2.75) is 25.8 Å². The molecular weight excluding hydrogens is 354 g/mol. The normalized spacial score (nSPS) is 21.0. The first-order chi connectivity index (χ1) is 12.9. The van der Waals surface area contributed by atoms with Crippen molar-refractivity contribution >= 4 is 5.91 Å². The average molecular weight is 374 g/mol. The largest absolute Gasteiger partial charge is 0.497 e. The van der Waals surface area contributed by atoms with Crippen LogP contribution in [0.25, 0.3) is 11.1 Å². The summed E-state index contributed by atoms with van der Waals surface area (Å²) in [4.78, 5) is 26.2. The molecule has 1 amide bonds. The van der Waals surface area contributed by atoms with Crippen LogP contribution in [0.4, 0.5) is 8.78 Å². The van der Waals surface area contributed by atoms with E-state index in [0.717, 1.165) is 24.2 Å². The lowest BCUT2D eigenvalue weighted by Crippen LogP contribution is -2.48. The second-order valence-electron chi connectivity index (χ2n) is 7.31. The summed E-state index contributed by atoms with van der Waals surface area (Å²) in [5, 5.41) is 0. The van der Waals surface area contributed by atoms with Crippen LogP contribution in [-0.2, 0) is 11.3 Å². The number of piperidine rings is 1. The first-order valence-corrected chi connectivity index (χ1v) is 8.91. The Balaban J connectivity index is 1.82. The van der Waals surface area contributed by atoms with Gasteiger partial charge in [-0.05, 0) is 24.0 Å². The maximum absolute atomic E-state index is 14.5. The molecule has 2 aliphatic heterocycles. The number of carbonyl (C=O) groups is 1. The summed E-state index contributed by atoms with van der Waals surface area (Å²) in [6, 6.07) is 5.16. The quantitative estimate of drug-likeness (QED) is 0.812. The summed E-state index contributed by atoms with van der Waals surface area (Å²) in [7, 11) is 1.33. The fourth-order valence-electron chi connectivity index (χ4n) is 4.30. The number of nitrogens with zero attached hydrogens (tertiary/aromatic N) is 2. The molecule has 7 heteroatoms. The van der Waals surface area contributed by atoms with Gasteiger partial charge in [0.15, 0.2) is 0 Å². The van der Waals surface area contributed by atoms with Gasteiger partial charge in [-0.2, -0.15) is 0 Å². The Hall–Kier alpha value is -2.70. The van der Waals surface area contributed by atoms with E-state index in [1.54, 1.807) is 15.5 Å². The number of amides is 1. The molecule has 2 aromatic rings. The molecule has 5 nitrogen and oxygen atoms in total. The second-order valence-corrected chi connectivity index (χ2v) is 7.31. The lowest BCUT2D eigenvalue weighted by molar-refractivity contribution is -0.131. The topological polar surface area (TPSA) is 51.5 Å². The lowest BCUT2D eigenvalue weighted by atomic mass is 9.82. The number of aromatic nitrogens is 1. The highest BCUT2D eigenvalue weighted by Crippen LogP contribution is 2.37. The highest BCUT2D eigenvalue weighted by Gasteiger charge is 2.36. The summed E-state index contributed by atoms with van der Waals surface area (Å²) >= 11 is 0. The van der Waals surface area contributed by atoms with Gasteiger partial charge >= 0.3 is 0 Å². The fourth-order valence-corrected chi connectivity index (χ4v) is 4.30. The van der Waals surface area contributed by atoms with Gasteiger partial charge in [0, 0.05) is 56.4 Å². The van der Waals surface area contributed by atoms with Gasteiger partial charge < -0.3 is 14.2 Å². The van der Waals surface area contributed by atoms with E-state index in [1.807, 2.05) is 0 Å². The number of carbonyl (C=O) groups excluding carboxylic acids is 1. The molecule has 1 fully saturated rings. The summed E-state index contributed by atoms with van der Waals surface area (Å²) < 4.78 is 35.5. The molecule has 0 radical (unpaired) electrons. The number of hydrogen-bond donors (Lipinski definition) is 0. The van der Waals surface area contributed by atoms with E-state index in [-0.39, 0.29) is 40.2 Å². The third-order valence-corrected chi connectivity index (χ3v) is 5.54. The van der Waals surface area contributed by atoms with Gasteiger partial charge in [-0.1, -0.05) is 0 Å². The molecule has 3 heterocycles. The minimum atomic E-state index is -0.779. The highest BCUT2D eigenvalue weighted by molar-refractivity contribution is 5.73. The zero-order valence-corrected chi connectivity index (χ0v) is 15.2. The van der Waals surface area contributed by atoms with Crippen molar-refractivity contribution in [3.05, 3.63) is 51.9 Å². The van der Waals surface area contributed by atoms with Crippen LogP contribution in [0.3, 0.4) is 0 Å². The number of pyridine rings is 1. The Kier molecular flexibility index (Phi) is 4.25. The molecule has 2 bridgehead atoms. The number of fused-ring (bicyclic) bond motifs is 4. The number of ether oxygens (including phenoxy) is 1. The first kappa shape index (κ1) is 17.7. The SMILES string of the molecule is COc1cc(F)c(-c2cc3n(c(=O)c2)C[C@H]2C[C@@H]3CN(C(C)=O)C2)c(F)c1. The third kappa shape index (κ3) is 3.01. The zero-order valence-electron chi connectivity index (χ0n) is 15.2. The van der Waals surface area contributed by atoms with E-state index in [9.17, 15) is 18.4 Å². The zero-order chi connectivity index (χ0) is 19.3. The Morgan fingerprint density at radius 3 is 2.44 bits per heavy atom. The van der Waals surface area contributed by atoms with Gasteiger partial charge in [0.2, 0.25) is 5.91 Å². The maximum atomic E-state index is 14.5. The van der Waals surface area contributed by atoms with E-state index in [2.05, 4.69) is 0 Å². The summed E-state index contributed by atoms with van der Waals surface area (Å²) in [5.41, 5.74) is 0.428. The molecular formula is C20H20F2N2O3. The van der Waals surface area contributed by atoms with Gasteiger partial charge in [0.25, 0.3) is 5.56 Å². The van der Waals surface area contributed by atoms with Gasteiger partial charge in [0.1, 0.15) is 17.4 Å². The molecule has 2 atom stereocenters. The molecule has 1 aromatic heterocycles. The molecule has 0 N–H and O–H groups in total. The van der Waals surface area contributed by atoms with Gasteiger partial charge in [-0.3, -0.25) is 9.59 Å². The van der Waals surface area contributed by atoms with Crippen molar-refractivity contribution in [2.24, 2.45) is 5.92 Å². The van der Waals surface area contributed by atoms with Crippen molar-refractivity contribution < 1.29 is 18.3 Å². The fraction of sp³-hybridized carbons (Fsp3) is 0.400. The predicted molar refractivity (Wildman–Crippen MR) is 95.7 cm³/mol. The number of benzene rings is 1. The Labute approximate surface area is 155 Å². The molecule has 0 saturated carbocycles. The monoisotopic (exact) mass is 374 g/mol. The number of methoxy groups -OCH3 is 1. The first-order valence-electron chi connectivity index (χ1n) is 8.91. The molecule has 1 saturated heterocycles. The molecule has 0 aliphatic carbocycles. The van der Waals surface area contributed by atoms with Crippen LogP contribution in [0.5, 0.6) is 5.75 Å². The Morgan fingerprint density at radius 2 is 1.81 bits per heavy atom. The highest BCUT2D eigenvalue weighted by atomic mass is 19.1. The molecule has 0 unspecified atom stereocenters. The van der Waals surface area contributed by atoms with Crippen LogP contribution in [0.1, 0.15) is 25.0 Å². The van der Waals surface area contributed by atoms with Crippen LogP contribution < -0.4 is 10.3 Å². The molecule has 1 aromatic carbocycles. The average Bonchev–Trinajstić information content (AvgIpc) is 2.62. The Bertz CT molecular complexity index is 963. The van der Waals surface area contributed by atoms with E-state index < -0.39 is 11.6 Å². The predicted octanol–water partition coefficient (Wildman–Crippen LogP) is 2.77. The number of likely N-dealkylation sites (tertiary alicyclic amines) is 1. The van der Waals surface area contributed by atoms with Crippen molar-refractivity contribution in [2.75, 3.05) is 20.2 Å². The van der Waals surface area contributed by atoms with Crippen LogP contribution >= 0.6 is 0 Å². The van der Waals surface area contributed by atoms with Gasteiger partial charge in [-0.15, -0.1) is 0 Å². The Morgan fingerprint density at radius 1 is 1.11 bits per heavy atom. The number of rotatable bonds is 2. The summed E-state index contributed by atoms with van der Waals surface area (Å²) in [6.45, 7) is 3.21. The van der Waals surface area contributed by atoms with E-state index in [4.69, 9.17) is 4.74 Å². The van der Waals surface area contributed by atoms with E-state index >= 15 is 0 Å². The molecule has 2 aliphatic rings. The smallest absolute Gasteiger partial charge is 0.251 e. The van der Waals surface area contributed by atoms with Gasteiger partial charge in [0.05, 0.1) is 12.7 Å². The maximum Gasteiger partial charge on any atom is 0.251 e. The van der Waals surface area contributed by atoms with E-state index in [0.29, 0.717) is 19.6 Å². The molecule has 27 heavy (non-hydrogen) atoms. The second kappa shape index (κ2) is 6.48.